The molecule has 6 heteroatoms. The topological polar surface area (TPSA) is 55.3 Å². The number of ether oxygens (including phenoxy) is 1. The van der Waals surface area contributed by atoms with Crippen molar-refractivity contribution < 1.29 is 13.9 Å². The fourth-order valence-electron chi connectivity index (χ4n) is 3.58. The molecular weight excluding hydrogens is 333 g/mol. The average molecular weight is 355 g/mol. The molecule has 1 saturated carbocycles. The summed E-state index contributed by atoms with van der Waals surface area (Å²) in [5.74, 6) is 0.218. The number of pyridine rings is 2. The first kappa shape index (κ1) is 17.1. The number of rotatable bonds is 6. The van der Waals surface area contributed by atoms with E-state index in [1.807, 2.05) is 12.1 Å². The Morgan fingerprint density at radius 1 is 1.12 bits per heavy atom. The van der Waals surface area contributed by atoms with E-state index in [4.69, 9.17) is 4.74 Å². The third kappa shape index (κ3) is 3.75. The highest BCUT2D eigenvalue weighted by molar-refractivity contribution is 5.94. The third-order valence-electron chi connectivity index (χ3n) is 5.25. The highest BCUT2D eigenvalue weighted by Crippen LogP contribution is 2.35. The summed E-state index contributed by atoms with van der Waals surface area (Å²) >= 11 is 0. The van der Waals surface area contributed by atoms with Crippen LogP contribution in [0.3, 0.4) is 0 Å². The van der Waals surface area contributed by atoms with Crippen molar-refractivity contribution in [2.45, 2.75) is 18.8 Å². The van der Waals surface area contributed by atoms with Gasteiger partial charge in [0.15, 0.2) is 5.82 Å². The van der Waals surface area contributed by atoms with Gasteiger partial charge in [-0.25, -0.2) is 4.39 Å². The molecule has 26 heavy (non-hydrogen) atoms. The molecule has 2 fully saturated rings. The molecule has 0 aromatic carbocycles. The molecule has 0 radical (unpaired) electrons. The molecule has 1 saturated heterocycles. The number of likely N-dealkylation sites (tertiary alicyclic amines) is 1. The first-order valence-electron chi connectivity index (χ1n) is 9.09. The van der Waals surface area contributed by atoms with Gasteiger partial charge in [0, 0.05) is 50.1 Å². The van der Waals surface area contributed by atoms with Crippen molar-refractivity contribution in [1.29, 1.82) is 0 Å². The summed E-state index contributed by atoms with van der Waals surface area (Å²) in [4.78, 5) is 22.3. The van der Waals surface area contributed by atoms with E-state index in [0.29, 0.717) is 25.6 Å². The average Bonchev–Trinajstić information content (AvgIpc) is 3.39. The Morgan fingerprint density at radius 3 is 2.62 bits per heavy atom. The Balaban J connectivity index is 1.50. The zero-order chi connectivity index (χ0) is 17.9. The van der Waals surface area contributed by atoms with E-state index in [-0.39, 0.29) is 23.3 Å². The molecule has 136 valence electrons. The van der Waals surface area contributed by atoms with Crippen LogP contribution in [0.2, 0.25) is 0 Å². The molecule has 0 unspecified atom stereocenters. The van der Waals surface area contributed by atoms with Gasteiger partial charge in [0.05, 0.1) is 18.4 Å². The highest BCUT2D eigenvalue weighted by Gasteiger charge is 2.37. The van der Waals surface area contributed by atoms with E-state index in [0.717, 1.165) is 18.4 Å². The van der Waals surface area contributed by atoms with E-state index < -0.39 is 5.82 Å². The van der Waals surface area contributed by atoms with Crippen LogP contribution in [0.15, 0.2) is 43.0 Å². The second kappa shape index (κ2) is 7.50. The zero-order valence-electron chi connectivity index (χ0n) is 14.6. The van der Waals surface area contributed by atoms with Crippen LogP contribution >= 0.6 is 0 Å². The Kier molecular flexibility index (Phi) is 4.93. The molecule has 0 bridgehead atoms. The van der Waals surface area contributed by atoms with Gasteiger partial charge in [0.25, 0.3) is 5.91 Å². The second-order valence-electron chi connectivity index (χ2n) is 7.19. The van der Waals surface area contributed by atoms with Gasteiger partial charge in [-0.1, -0.05) is 0 Å². The zero-order valence-corrected chi connectivity index (χ0v) is 14.6. The number of carbonyl (C=O) groups is 1. The summed E-state index contributed by atoms with van der Waals surface area (Å²) in [5, 5.41) is 0. The van der Waals surface area contributed by atoms with Crippen LogP contribution in [-0.2, 0) is 4.74 Å². The van der Waals surface area contributed by atoms with Crippen molar-refractivity contribution in [1.82, 2.24) is 14.9 Å². The van der Waals surface area contributed by atoms with Crippen molar-refractivity contribution >= 4 is 5.91 Å². The van der Waals surface area contributed by atoms with Crippen LogP contribution in [0.25, 0.3) is 0 Å². The molecule has 1 aliphatic carbocycles. The van der Waals surface area contributed by atoms with Crippen LogP contribution in [0.4, 0.5) is 4.39 Å². The predicted octanol–water partition coefficient (Wildman–Crippen LogP) is 2.90. The van der Waals surface area contributed by atoms with Gasteiger partial charge in [-0.15, -0.1) is 0 Å². The molecule has 5 nitrogen and oxygen atoms in total. The van der Waals surface area contributed by atoms with Gasteiger partial charge >= 0.3 is 0 Å². The minimum absolute atomic E-state index is 0.0769. The van der Waals surface area contributed by atoms with Gasteiger partial charge in [0.1, 0.15) is 0 Å². The number of hydrogen-bond donors (Lipinski definition) is 0. The Morgan fingerprint density at radius 2 is 1.88 bits per heavy atom. The first-order chi connectivity index (χ1) is 12.7. The number of halogens is 1. The monoisotopic (exact) mass is 355 g/mol. The van der Waals surface area contributed by atoms with E-state index in [1.165, 1.54) is 25.1 Å². The molecule has 0 spiro atoms. The lowest BCUT2D eigenvalue weighted by Gasteiger charge is -2.18. The number of amides is 1. The number of carbonyl (C=O) groups excluding carboxylic acids is 1. The number of hydrogen-bond acceptors (Lipinski definition) is 4. The van der Waals surface area contributed by atoms with Crippen LogP contribution in [0.1, 0.15) is 34.7 Å². The molecule has 2 aromatic heterocycles. The van der Waals surface area contributed by atoms with Crippen molar-refractivity contribution in [2.75, 3.05) is 26.3 Å². The maximum absolute atomic E-state index is 14.0. The van der Waals surface area contributed by atoms with Gasteiger partial charge < -0.3 is 9.64 Å². The molecule has 1 aliphatic heterocycles. The van der Waals surface area contributed by atoms with Crippen LogP contribution in [-0.4, -0.2) is 47.1 Å². The summed E-state index contributed by atoms with van der Waals surface area (Å²) in [6, 6.07) is 5.41. The minimum atomic E-state index is -0.577. The second-order valence-corrected chi connectivity index (χ2v) is 7.19. The first-order valence-corrected chi connectivity index (χ1v) is 9.09. The summed E-state index contributed by atoms with van der Waals surface area (Å²) < 4.78 is 19.9. The molecule has 0 N–H and O–H groups in total. The van der Waals surface area contributed by atoms with E-state index in [9.17, 15) is 9.18 Å². The molecule has 3 heterocycles. The lowest BCUT2D eigenvalue weighted by Crippen LogP contribution is -2.30. The van der Waals surface area contributed by atoms with Crippen LogP contribution in [0, 0.1) is 17.7 Å². The van der Waals surface area contributed by atoms with Gasteiger partial charge in [0.2, 0.25) is 0 Å². The maximum atomic E-state index is 14.0. The van der Waals surface area contributed by atoms with Crippen molar-refractivity contribution in [3.63, 3.8) is 0 Å². The SMILES string of the molecule is O=C(c1ccncc1F)N1C[C@@H](COCC2CC2)[C@H](c2ccncc2)C1. The normalized spacial score (nSPS) is 22.6. The summed E-state index contributed by atoms with van der Waals surface area (Å²) in [6.45, 7) is 2.54. The largest absolute Gasteiger partial charge is 0.381 e. The fourth-order valence-corrected chi connectivity index (χ4v) is 3.58. The number of aromatic nitrogens is 2. The van der Waals surface area contributed by atoms with Crippen molar-refractivity contribution in [3.8, 4) is 0 Å². The molecular formula is C20H22FN3O2. The number of nitrogens with zero attached hydrogens (tertiary/aromatic N) is 3. The predicted molar refractivity (Wildman–Crippen MR) is 94.1 cm³/mol. The Labute approximate surface area is 152 Å². The quantitative estimate of drug-likeness (QED) is 0.800. The minimum Gasteiger partial charge on any atom is -0.381 e. The van der Waals surface area contributed by atoms with Gasteiger partial charge in [-0.3, -0.25) is 14.8 Å². The Hall–Kier alpha value is -2.34. The van der Waals surface area contributed by atoms with Gasteiger partial charge in [-0.05, 0) is 42.5 Å². The van der Waals surface area contributed by atoms with Crippen molar-refractivity contribution in [2.24, 2.45) is 11.8 Å². The Bertz CT molecular complexity index is 767. The molecule has 2 aliphatic rings. The van der Waals surface area contributed by atoms with E-state index in [2.05, 4.69) is 9.97 Å². The highest BCUT2D eigenvalue weighted by atomic mass is 19.1. The molecule has 4 rings (SSSR count). The maximum Gasteiger partial charge on any atom is 0.256 e. The molecule has 2 atom stereocenters. The lowest BCUT2D eigenvalue weighted by atomic mass is 9.90. The smallest absolute Gasteiger partial charge is 0.256 e. The third-order valence-corrected chi connectivity index (χ3v) is 5.25. The van der Waals surface area contributed by atoms with Gasteiger partial charge in [-0.2, -0.15) is 0 Å². The molecule has 1 amide bonds. The van der Waals surface area contributed by atoms with Crippen LogP contribution in [0.5, 0.6) is 0 Å². The van der Waals surface area contributed by atoms with E-state index in [1.54, 1.807) is 17.3 Å². The summed E-state index contributed by atoms with van der Waals surface area (Å²) in [5.41, 5.74) is 1.22. The lowest BCUT2D eigenvalue weighted by molar-refractivity contribution is 0.0736. The summed E-state index contributed by atoms with van der Waals surface area (Å²) in [6.07, 6.45) is 8.58. The fraction of sp³-hybridized carbons (Fsp3) is 0.450. The van der Waals surface area contributed by atoms with Crippen molar-refractivity contribution in [3.05, 3.63) is 59.9 Å². The summed E-state index contributed by atoms with van der Waals surface area (Å²) in [7, 11) is 0. The van der Waals surface area contributed by atoms with E-state index >= 15 is 0 Å². The van der Waals surface area contributed by atoms with Crippen LogP contribution < -0.4 is 0 Å². The molecule has 2 aromatic rings. The standard InChI is InChI=1S/C20H22FN3O2/c21-19-9-23-8-5-17(19)20(25)24-10-16(13-26-12-14-1-2-14)18(11-24)15-3-6-22-7-4-15/h3-9,14,16,18H,1-2,10-13H2/t16-,18-/m0/s1.